The molecule has 1 aromatic carbocycles. The van der Waals surface area contributed by atoms with Crippen LogP contribution in [0.1, 0.15) is 52.0 Å². The summed E-state index contributed by atoms with van der Waals surface area (Å²) < 4.78 is 28.1. The number of nitrogens with zero attached hydrogens (tertiary/aromatic N) is 1. The van der Waals surface area contributed by atoms with E-state index in [1.807, 2.05) is 32.9 Å². The summed E-state index contributed by atoms with van der Waals surface area (Å²) in [5, 5.41) is 6.64. The molecule has 0 amide bonds. The van der Waals surface area contributed by atoms with Crippen LogP contribution >= 0.6 is 24.0 Å². The molecule has 148 valence electrons. The van der Waals surface area contributed by atoms with E-state index in [0.717, 1.165) is 12.8 Å². The van der Waals surface area contributed by atoms with E-state index in [1.54, 1.807) is 19.2 Å². The zero-order valence-electron chi connectivity index (χ0n) is 16.0. The van der Waals surface area contributed by atoms with Crippen molar-refractivity contribution in [1.82, 2.24) is 15.4 Å². The van der Waals surface area contributed by atoms with Gasteiger partial charge < -0.3 is 10.6 Å². The molecule has 0 bridgehead atoms. The number of hydrogen-bond donors (Lipinski definition) is 3. The summed E-state index contributed by atoms with van der Waals surface area (Å²) in [7, 11) is -1.85. The van der Waals surface area contributed by atoms with E-state index >= 15 is 0 Å². The van der Waals surface area contributed by atoms with Gasteiger partial charge in [0.1, 0.15) is 0 Å². The molecule has 0 aliphatic heterocycles. The van der Waals surface area contributed by atoms with E-state index in [9.17, 15) is 8.42 Å². The van der Waals surface area contributed by atoms with Crippen LogP contribution in [-0.2, 0) is 16.6 Å². The van der Waals surface area contributed by atoms with E-state index in [0.29, 0.717) is 29.0 Å². The first-order chi connectivity index (χ1) is 11.7. The van der Waals surface area contributed by atoms with Gasteiger partial charge in [-0.2, -0.15) is 0 Å². The molecular formula is C18H31IN4O2S. The molecule has 1 aliphatic carbocycles. The second kappa shape index (κ2) is 9.89. The van der Waals surface area contributed by atoms with Crippen LogP contribution in [0.5, 0.6) is 0 Å². The van der Waals surface area contributed by atoms with Crippen LogP contribution in [0.25, 0.3) is 0 Å². The van der Waals surface area contributed by atoms with Crippen LogP contribution in [0.2, 0.25) is 0 Å². The van der Waals surface area contributed by atoms with Crippen LogP contribution in [-0.4, -0.2) is 33.0 Å². The van der Waals surface area contributed by atoms with Crippen molar-refractivity contribution in [1.29, 1.82) is 0 Å². The fraction of sp³-hybridized carbons (Fsp3) is 0.611. The van der Waals surface area contributed by atoms with Crippen LogP contribution in [0.4, 0.5) is 0 Å². The highest BCUT2D eigenvalue weighted by Gasteiger charge is 2.24. The highest BCUT2D eigenvalue weighted by molar-refractivity contribution is 14.0. The molecule has 0 spiro atoms. The standard InChI is InChI=1S/C18H30N4O2S.HI/c1-18(2,3)22-25(23,24)16-12-8-5-9-14(16)13-20-17(19-4)21-15-10-6-7-11-15;/h5,8-9,12,15,22H,6-7,10-11,13H2,1-4H3,(H2,19,20,21);1H. The molecule has 0 atom stereocenters. The molecule has 1 aromatic rings. The molecule has 2 rings (SSSR count). The Labute approximate surface area is 174 Å². The fourth-order valence-corrected chi connectivity index (χ4v) is 4.67. The molecule has 3 N–H and O–H groups in total. The zero-order valence-corrected chi connectivity index (χ0v) is 19.1. The molecule has 1 saturated carbocycles. The smallest absolute Gasteiger partial charge is 0.241 e. The first-order valence-corrected chi connectivity index (χ1v) is 10.3. The van der Waals surface area contributed by atoms with Gasteiger partial charge in [-0.25, -0.2) is 13.1 Å². The van der Waals surface area contributed by atoms with Crippen LogP contribution in [0.15, 0.2) is 34.2 Å². The molecular weight excluding hydrogens is 463 g/mol. The maximum atomic E-state index is 12.7. The van der Waals surface area contributed by atoms with Gasteiger partial charge in [-0.15, -0.1) is 24.0 Å². The topological polar surface area (TPSA) is 82.6 Å². The molecule has 0 saturated heterocycles. The van der Waals surface area contributed by atoms with Crippen molar-refractivity contribution in [3.05, 3.63) is 29.8 Å². The lowest BCUT2D eigenvalue weighted by molar-refractivity contribution is 0.491. The van der Waals surface area contributed by atoms with E-state index in [1.165, 1.54) is 12.8 Å². The van der Waals surface area contributed by atoms with Crippen molar-refractivity contribution in [3.8, 4) is 0 Å². The minimum absolute atomic E-state index is 0. The molecule has 8 heteroatoms. The van der Waals surface area contributed by atoms with Gasteiger partial charge in [0, 0.05) is 25.2 Å². The van der Waals surface area contributed by atoms with E-state index in [2.05, 4.69) is 20.3 Å². The van der Waals surface area contributed by atoms with Gasteiger partial charge in [-0.05, 0) is 45.2 Å². The second-order valence-electron chi connectivity index (χ2n) is 7.51. The Kier molecular flexibility index (Phi) is 8.81. The van der Waals surface area contributed by atoms with Crippen molar-refractivity contribution < 1.29 is 8.42 Å². The number of sulfonamides is 1. The molecule has 1 aliphatic rings. The van der Waals surface area contributed by atoms with Crippen molar-refractivity contribution in [2.45, 2.75) is 69.5 Å². The van der Waals surface area contributed by atoms with Gasteiger partial charge in [-0.1, -0.05) is 31.0 Å². The number of aliphatic imine (C=N–C) groups is 1. The Morgan fingerprint density at radius 1 is 1.19 bits per heavy atom. The van der Waals surface area contributed by atoms with Gasteiger partial charge in [-0.3, -0.25) is 4.99 Å². The van der Waals surface area contributed by atoms with Crippen molar-refractivity contribution in [2.75, 3.05) is 7.05 Å². The highest BCUT2D eigenvalue weighted by atomic mass is 127. The number of nitrogens with one attached hydrogen (secondary N) is 3. The Bertz CT molecular complexity index is 708. The number of hydrogen-bond acceptors (Lipinski definition) is 3. The summed E-state index contributed by atoms with van der Waals surface area (Å²) in [6.07, 6.45) is 4.80. The fourth-order valence-electron chi connectivity index (χ4n) is 3.01. The lowest BCUT2D eigenvalue weighted by atomic mass is 10.1. The van der Waals surface area contributed by atoms with Gasteiger partial charge in [0.15, 0.2) is 5.96 Å². The average molecular weight is 494 g/mol. The highest BCUT2D eigenvalue weighted by Crippen LogP contribution is 2.19. The number of guanidine groups is 1. The minimum atomic E-state index is -3.58. The monoisotopic (exact) mass is 494 g/mol. The number of benzene rings is 1. The maximum Gasteiger partial charge on any atom is 0.241 e. The molecule has 26 heavy (non-hydrogen) atoms. The molecule has 6 nitrogen and oxygen atoms in total. The third-order valence-electron chi connectivity index (χ3n) is 4.07. The third kappa shape index (κ3) is 7.03. The Hall–Kier alpha value is -0.870. The molecule has 0 unspecified atom stereocenters. The summed E-state index contributed by atoms with van der Waals surface area (Å²) in [5.74, 6) is 0.711. The second-order valence-corrected chi connectivity index (χ2v) is 9.17. The van der Waals surface area contributed by atoms with E-state index in [-0.39, 0.29) is 24.0 Å². The van der Waals surface area contributed by atoms with Crippen LogP contribution < -0.4 is 15.4 Å². The first-order valence-electron chi connectivity index (χ1n) is 8.80. The summed E-state index contributed by atoms with van der Waals surface area (Å²) in [5.41, 5.74) is 0.188. The maximum absolute atomic E-state index is 12.7. The van der Waals surface area contributed by atoms with Gasteiger partial charge in [0.25, 0.3) is 0 Å². The lowest BCUT2D eigenvalue weighted by Crippen LogP contribution is -2.43. The minimum Gasteiger partial charge on any atom is -0.354 e. The van der Waals surface area contributed by atoms with Crippen LogP contribution in [0.3, 0.4) is 0 Å². The Balaban J connectivity index is 0.00000338. The molecule has 0 heterocycles. The summed E-state index contributed by atoms with van der Waals surface area (Å²) in [4.78, 5) is 4.55. The van der Waals surface area contributed by atoms with Gasteiger partial charge in [0.2, 0.25) is 10.0 Å². The normalized spacial score (nSPS) is 16.2. The predicted octanol–water partition coefficient (Wildman–Crippen LogP) is 2.99. The summed E-state index contributed by atoms with van der Waals surface area (Å²) >= 11 is 0. The van der Waals surface area contributed by atoms with Crippen molar-refractivity contribution >= 4 is 40.0 Å². The average Bonchev–Trinajstić information content (AvgIpc) is 3.02. The summed E-state index contributed by atoms with van der Waals surface area (Å²) in [6.45, 7) is 5.89. The summed E-state index contributed by atoms with van der Waals surface area (Å²) in [6, 6.07) is 7.51. The molecule has 1 fully saturated rings. The molecule has 0 radical (unpaired) electrons. The number of halogens is 1. The SMILES string of the molecule is CN=C(NCc1ccccc1S(=O)(=O)NC(C)(C)C)NC1CCCC1.I. The van der Waals surface area contributed by atoms with Crippen LogP contribution in [0, 0.1) is 0 Å². The lowest BCUT2D eigenvalue weighted by Gasteiger charge is -2.22. The molecule has 0 aromatic heterocycles. The quantitative estimate of drug-likeness (QED) is 0.334. The van der Waals surface area contributed by atoms with Gasteiger partial charge in [0.05, 0.1) is 4.90 Å². The first kappa shape index (κ1) is 23.2. The van der Waals surface area contributed by atoms with Crippen molar-refractivity contribution in [2.24, 2.45) is 4.99 Å². The largest absolute Gasteiger partial charge is 0.354 e. The van der Waals surface area contributed by atoms with E-state index in [4.69, 9.17) is 0 Å². The van der Waals surface area contributed by atoms with E-state index < -0.39 is 15.6 Å². The zero-order chi connectivity index (χ0) is 18.5. The third-order valence-corrected chi connectivity index (χ3v) is 5.93. The Morgan fingerprint density at radius 2 is 1.81 bits per heavy atom. The van der Waals surface area contributed by atoms with Gasteiger partial charge >= 0.3 is 0 Å². The predicted molar refractivity (Wildman–Crippen MR) is 118 cm³/mol. The number of rotatable bonds is 5. The Morgan fingerprint density at radius 3 is 2.38 bits per heavy atom. The van der Waals surface area contributed by atoms with Crippen molar-refractivity contribution in [3.63, 3.8) is 0 Å².